The number of carbonyl (C=O) groups excluding carboxylic acids is 1. The first-order valence-electron chi connectivity index (χ1n) is 4.97. The number of hydrogen-bond acceptors (Lipinski definition) is 4. The van der Waals surface area contributed by atoms with Crippen LogP contribution in [0.3, 0.4) is 0 Å². The van der Waals surface area contributed by atoms with Crippen molar-refractivity contribution in [2.45, 2.75) is 0 Å². The molecule has 2 rings (SSSR count). The van der Waals surface area contributed by atoms with Crippen LogP contribution in [0.25, 0.3) is 10.8 Å². The van der Waals surface area contributed by atoms with Gasteiger partial charge in [-0.25, -0.2) is 0 Å². The highest BCUT2D eigenvalue weighted by Gasteiger charge is 2.08. The molecule has 0 fully saturated rings. The fraction of sp³-hybridized carbons (Fsp3) is 0.167. The van der Waals surface area contributed by atoms with E-state index in [9.17, 15) is 4.79 Å². The van der Waals surface area contributed by atoms with Crippen LogP contribution in [-0.2, 0) is 0 Å². The Labute approximate surface area is 98.2 Å². The molecule has 2 N–H and O–H groups in total. The normalized spacial score (nSPS) is 10.2. The molecule has 0 radical (unpaired) electrons. The Balaban J connectivity index is 2.66. The molecule has 0 aliphatic heterocycles. The van der Waals surface area contributed by atoms with Crippen LogP contribution in [0.2, 0.25) is 0 Å². The first kappa shape index (κ1) is 11.2. The van der Waals surface area contributed by atoms with Gasteiger partial charge in [-0.05, 0) is 23.6 Å². The number of nitrogens with two attached hydrogens (primary N) is 1. The molecule has 0 aliphatic rings. The van der Waals surface area contributed by atoms with E-state index in [1.807, 2.05) is 0 Å². The number of methoxy groups -OCH3 is 2. The zero-order valence-corrected chi connectivity index (χ0v) is 9.56. The van der Waals surface area contributed by atoms with Gasteiger partial charge >= 0.3 is 0 Å². The molecule has 0 atom stereocenters. The average Bonchev–Trinajstić information content (AvgIpc) is 2.36. The molecule has 0 unspecified atom stereocenters. The lowest BCUT2D eigenvalue weighted by Crippen LogP contribution is -2.12. The molecule has 1 amide bonds. The second kappa shape index (κ2) is 4.29. The molecule has 0 spiro atoms. The van der Waals surface area contributed by atoms with Crippen molar-refractivity contribution in [2.75, 3.05) is 14.2 Å². The van der Waals surface area contributed by atoms with Crippen molar-refractivity contribution >= 4 is 16.7 Å². The Morgan fingerprint density at radius 1 is 1.12 bits per heavy atom. The van der Waals surface area contributed by atoms with E-state index < -0.39 is 5.91 Å². The maximum absolute atomic E-state index is 11.0. The van der Waals surface area contributed by atoms with Crippen molar-refractivity contribution in [1.29, 1.82) is 0 Å². The van der Waals surface area contributed by atoms with E-state index in [0.717, 1.165) is 10.8 Å². The van der Waals surface area contributed by atoms with E-state index in [2.05, 4.69) is 4.98 Å². The van der Waals surface area contributed by atoms with Crippen LogP contribution in [0, 0.1) is 0 Å². The summed E-state index contributed by atoms with van der Waals surface area (Å²) in [4.78, 5) is 15.0. The topological polar surface area (TPSA) is 74.4 Å². The van der Waals surface area contributed by atoms with Gasteiger partial charge < -0.3 is 15.2 Å². The Morgan fingerprint density at radius 3 is 2.24 bits per heavy atom. The molecule has 0 saturated carbocycles. The highest BCUT2D eigenvalue weighted by atomic mass is 16.5. The van der Waals surface area contributed by atoms with Gasteiger partial charge in [0.05, 0.1) is 14.2 Å². The molecule has 1 aromatic heterocycles. The summed E-state index contributed by atoms with van der Waals surface area (Å²) in [5.41, 5.74) is 5.40. The Kier molecular flexibility index (Phi) is 2.82. The molecule has 0 saturated heterocycles. The van der Waals surface area contributed by atoms with Crippen molar-refractivity contribution in [2.24, 2.45) is 5.73 Å². The van der Waals surface area contributed by atoms with E-state index in [1.54, 1.807) is 38.6 Å². The minimum atomic E-state index is -0.554. The van der Waals surface area contributed by atoms with Gasteiger partial charge in [-0.3, -0.25) is 9.78 Å². The number of carbonyl (C=O) groups is 1. The molecule has 1 aromatic carbocycles. The standard InChI is InChI=1S/C12H12N2O3/c1-16-10-4-7-3-9(12(13)15)14-6-8(7)5-11(10)17-2/h3-6H,1-2H3,(H2,13,15). The first-order valence-corrected chi connectivity index (χ1v) is 4.97. The Hall–Kier alpha value is -2.30. The van der Waals surface area contributed by atoms with Gasteiger partial charge in [0.1, 0.15) is 5.69 Å². The van der Waals surface area contributed by atoms with Gasteiger partial charge in [0, 0.05) is 11.6 Å². The molecule has 2 aromatic rings. The van der Waals surface area contributed by atoms with Crippen LogP contribution in [0.1, 0.15) is 10.5 Å². The third-order valence-electron chi connectivity index (χ3n) is 2.48. The summed E-state index contributed by atoms with van der Waals surface area (Å²) in [5, 5.41) is 1.68. The summed E-state index contributed by atoms with van der Waals surface area (Å²) in [6.07, 6.45) is 1.58. The maximum Gasteiger partial charge on any atom is 0.267 e. The van der Waals surface area contributed by atoms with Crippen LogP contribution in [0.4, 0.5) is 0 Å². The molecular weight excluding hydrogens is 220 g/mol. The van der Waals surface area contributed by atoms with Crippen molar-refractivity contribution < 1.29 is 14.3 Å². The minimum absolute atomic E-state index is 0.227. The number of rotatable bonds is 3. The lowest BCUT2D eigenvalue weighted by Gasteiger charge is -2.09. The van der Waals surface area contributed by atoms with Crippen LogP contribution >= 0.6 is 0 Å². The van der Waals surface area contributed by atoms with Crippen molar-refractivity contribution in [3.8, 4) is 11.5 Å². The van der Waals surface area contributed by atoms with Crippen LogP contribution in [0.15, 0.2) is 24.4 Å². The number of primary amides is 1. The van der Waals surface area contributed by atoms with Gasteiger partial charge in [-0.2, -0.15) is 0 Å². The van der Waals surface area contributed by atoms with Gasteiger partial charge in [0.25, 0.3) is 5.91 Å². The lowest BCUT2D eigenvalue weighted by molar-refractivity contribution is 0.0996. The highest BCUT2D eigenvalue weighted by molar-refractivity contribution is 5.96. The fourth-order valence-electron chi connectivity index (χ4n) is 1.61. The molecule has 0 aliphatic carbocycles. The number of aromatic nitrogens is 1. The van der Waals surface area contributed by atoms with Gasteiger partial charge in [0.15, 0.2) is 11.5 Å². The summed E-state index contributed by atoms with van der Waals surface area (Å²) in [5.74, 6) is 0.664. The van der Waals surface area contributed by atoms with E-state index in [1.165, 1.54) is 0 Å². The largest absolute Gasteiger partial charge is 0.493 e. The van der Waals surface area contributed by atoms with Gasteiger partial charge in [0.2, 0.25) is 0 Å². The molecule has 88 valence electrons. The molecule has 17 heavy (non-hydrogen) atoms. The number of amides is 1. The zero-order chi connectivity index (χ0) is 12.4. The summed E-state index contributed by atoms with van der Waals surface area (Å²) < 4.78 is 10.4. The third-order valence-corrected chi connectivity index (χ3v) is 2.48. The fourth-order valence-corrected chi connectivity index (χ4v) is 1.61. The summed E-state index contributed by atoms with van der Waals surface area (Å²) in [7, 11) is 3.12. The molecule has 5 nitrogen and oxygen atoms in total. The second-order valence-corrected chi connectivity index (χ2v) is 3.49. The predicted octanol–water partition coefficient (Wildman–Crippen LogP) is 1.35. The number of ether oxygens (including phenoxy) is 2. The molecule has 1 heterocycles. The van der Waals surface area contributed by atoms with Crippen molar-refractivity contribution in [1.82, 2.24) is 4.98 Å². The molecule has 0 bridgehead atoms. The third kappa shape index (κ3) is 1.99. The smallest absolute Gasteiger partial charge is 0.267 e. The lowest BCUT2D eigenvalue weighted by atomic mass is 10.1. The van der Waals surface area contributed by atoms with E-state index >= 15 is 0 Å². The maximum atomic E-state index is 11.0. The number of nitrogens with zero attached hydrogens (tertiary/aromatic N) is 1. The van der Waals surface area contributed by atoms with Gasteiger partial charge in [-0.15, -0.1) is 0 Å². The second-order valence-electron chi connectivity index (χ2n) is 3.49. The number of benzene rings is 1. The molecule has 5 heteroatoms. The van der Waals surface area contributed by atoms with E-state index in [-0.39, 0.29) is 5.69 Å². The van der Waals surface area contributed by atoms with Crippen LogP contribution < -0.4 is 15.2 Å². The van der Waals surface area contributed by atoms with Crippen molar-refractivity contribution in [3.05, 3.63) is 30.1 Å². The Bertz CT molecular complexity index is 581. The van der Waals surface area contributed by atoms with Crippen LogP contribution in [0.5, 0.6) is 11.5 Å². The van der Waals surface area contributed by atoms with Crippen molar-refractivity contribution in [3.63, 3.8) is 0 Å². The first-order chi connectivity index (χ1) is 8.15. The summed E-state index contributed by atoms with van der Waals surface area (Å²) >= 11 is 0. The minimum Gasteiger partial charge on any atom is -0.493 e. The van der Waals surface area contributed by atoms with Crippen LogP contribution in [-0.4, -0.2) is 25.1 Å². The number of fused-ring (bicyclic) bond motifs is 1. The predicted molar refractivity (Wildman–Crippen MR) is 63.4 cm³/mol. The van der Waals surface area contributed by atoms with E-state index in [4.69, 9.17) is 15.2 Å². The quantitative estimate of drug-likeness (QED) is 0.866. The number of hydrogen-bond donors (Lipinski definition) is 1. The zero-order valence-electron chi connectivity index (χ0n) is 9.56. The number of pyridine rings is 1. The SMILES string of the molecule is COc1cc2cnc(C(N)=O)cc2cc1OC. The van der Waals surface area contributed by atoms with E-state index in [0.29, 0.717) is 11.5 Å². The summed E-state index contributed by atoms with van der Waals surface area (Å²) in [6, 6.07) is 5.20. The Morgan fingerprint density at radius 2 is 1.71 bits per heavy atom. The summed E-state index contributed by atoms with van der Waals surface area (Å²) in [6.45, 7) is 0. The monoisotopic (exact) mass is 232 g/mol. The average molecular weight is 232 g/mol. The van der Waals surface area contributed by atoms with Gasteiger partial charge in [-0.1, -0.05) is 0 Å². The molecular formula is C12H12N2O3. The highest BCUT2D eigenvalue weighted by Crippen LogP contribution is 2.31.